The molecule has 0 radical (unpaired) electrons. The number of nitro benzene ring substituents is 2. The molecule has 0 spiro atoms. The molecule has 0 atom stereocenters. The molecule has 14 heteroatoms. The van der Waals surface area contributed by atoms with Gasteiger partial charge >= 0.3 is 0 Å². The number of nitriles is 1. The minimum absolute atomic E-state index is 0.0827. The van der Waals surface area contributed by atoms with E-state index in [0.717, 1.165) is 11.3 Å². The van der Waals surface area contributed by atoms with Crippen LogP contribution in [-0.2, 0) is 4.79 Å². The summed E-state index contributed by atoms with van der Waals surface area (Å²) in [5.41, 5.74) is 0.873. The molecule has 1 amide bonds. The summed E-state index contributed by atoms with van der Waals surface area (Å²) in [4.78, 5) is 41.8. The lowest BCUT2D eigenvalue weighted by Gasteiger charge is -2.09. The van der Waals surface area contributed by atoms with Gasteiger partial charge in [0.15, 0.2) is 11.7 Å². The highest BCUT2D eigenvalue weighted by molar-refractivity contribution is 7.13. The standard InChI is InChI=1S/C23H14N6O6S2/c24-11-16(22-26-19(13-37-22)14-2-1-3-17(9-14)28(31)32)8-15-10-18(29(33)34)4-5-20(15)35-12-21(30)27-23-25-6-7-36-23/h1-10,13H,12H2,(H,25,27,30)/b16-8+. The van der Waals surface area contributed by atoms with Crippen molar-refractivity contribution in [3.05, 3.63) is 90.2 Å². The lowest BCUT2D eigenvalue weighted by molar-refractivity contribution is -0.385. The van der Waals surface area contributed by atoms with Crippen molar-refractivity contribution in [1.29, 1.82) is 5.26 Å². The number of rotatable bonds is 9. The maximum atomic E-state index is 12.2. The van der Waals surface area contributed by atoms with Crippen LogP contribution in [0.4, 0.5) is 16.5 Å². The maximum Gasteiger partial charge on any atom is 0.270 e. The third-order valence-corrected chi connectivity index (χ3v) is 6.31. The number of nitro groups is 2. The summed E-state index contributed by atoms with van der Waals surface area (Å²) in [5.74, 6) is -0.339. The average molecular weight is 535 g/mol. The number of nitrogens with one attached hydrogen (secondary N) is 1. The van der Waals surface area contributed by atoms with Gasteiger partial charge in [0.05, 0.1) is 21.1 Å². The van der Waals surface area contributed by atoms with E-state index in [2.05, 4.69) is 15.3 Å². The summed E-state index contributed by atoms with van der Waals surface area (Å²) in [6.07, 6.45) is 2.91. The van der Waals surface area contributed by atoms with Crippen LogP contribution in [-0.4, -0.2) is 32.3 Å². The molecule has 0 aliphatic heterocycles. The third kappa shape index (κ3) is 6.17. The molecule has 12 nitrogen and oxygen atoms in total. The minimum atomic E-state index is -0.591. The van der Waals surface area contributed by atoms with Gasteiger partial charge in [-0.1, -0.05) is 12.1 Å². The zero-order valence-electron chi connectivity index (χ0n) is 18.6. The zero-order chi connectivity index (χ0) is 26.4. The Morgan fingerprint density at radius 2 is 1.92 bits per heavy atom. The normalized spacial score (nSPS) is 10.9. The second-order valence-corrected chi connectivity index (χ2v) is 8.92. The van der Waals surface area contributed by atoms with Crippen LogP contribution in [0.1, 0.15) is 10.6 Å². The molecule has 37 heavy (non-hydrogen) atoms. The Morgan fingerprint density at radius 1 is 1.14 bits per heavy atom. The van der Waals surface area contributed by atoms with E-state index in [4.69, 9.17) is 4.74 Å². The molecule has 4 rings (SSSR count). The molecule has 4 aromatic rings. The smallest absolute Gasteiger partial charge is 0.270 e. The molecule has 184 valence electrons. The quantitative estimate of drug-likeness (QED) is 0.173. The highest BCUT2D eigenvalue weighted by Gasteiger charge is 2.16. The highest BCUT2D eigenvalue weighted by Crippen LogP contribution is 2.32. The number of allylic oxidation sites excluding steroid dienone is 1. The number of anilines is 1. The van der Waals surface area contributed by atoms with Gasteiger partial charge in [0, 0.05) is 52.3 Å². The molecule has 2 heterocycles. The zero-order valence-corrected chi connectivity index (χ0v) is 20.2. The first-order valence-corrected chi connectivity index (χ1v) is 12.0. The molecule has 2 aromatic heterocycles. The number of non-ortho nitro benzene ring substituents is 2. The third-order valence-electron chi connectivity index (χ3n) is 4.75. The summed E-state index contributed by atoms with van der Waals surface area (Å²) in [7, 11) is 0. The van der Waals surface area contributed by atoms with E-state index in [0.29, 0.717) is 21.4 Å². The van der Waals surface area contributed by atoms with Gasteiger partial charge in [-0.3, -0.25) is 30.3 Å². The lowest BCUT2D eigenvalue weighted by atomic mass is 10.1. The van der Waals surface area contributed by atoms with Crippen molar-refractivity contribution in [2.24, 2.45) is 0 Å². The Labute approximate surface area is 216 Å². The predicted molar refractivity (Wildman–Crippen MR) is 137 cm³/mol. The maximum absolute atomic E-state index is 12.2. The fourth-order valence-electron chi connectivity index (χ4n) is 3.08. The number of benzene rings is 2. The number of ether oxygens (including phenoxy) is 1. The summed E-state index contributed by atoms with van der Waals surface area (Å²) >= 11 is 2.37. The number of hydrogen-bond acceptors (Lipinski definition) is 11. The van der Waals surface area contributed by atoms with Crippen LogP contribution >= 0.6 is 22.7 Å². The fraction of sp³-hybridized carbons (Fsp3) is 0.0435. The largest absolute Gasteiger partial charge is 0.483 e. The van der Waals surface area contributed by atoms with Crippen molar-refractivity contribution in [3.63, 3.8) is 0 Å². The van der Waals surface area contributed by atoms with Crippen molar-refractivity contribution in [2.75, 3.05) is 11.9 Å². The molecule has 0 saturated heterocycles. The Hall–Kier alpha value is -5.00. The predicted octanol–water partition coefficient (Wildman–Crippen LogP) is 5.16. The minimum Gasteiger partial charge on any atom is -0.483 e. The van der Waals surface area contributed by atoms with Crippen LogP contribution in [0.25, 0.3) is 22.9 Å². The van der Waals surface area contributed by atoms with E-state index in [1.54, 1.807) is 16.8 Å². The number of nitrogens with zero attached hydrogens (tertiary/aromatic N) is 5. The summed E-state index contributed by atoms with van der Waals surface area (Å²) in [6.45, 7) is -0.395. The number of aromatic nitrogens is 2. The van der Waals surface area contributed by atoms with Gasteiger partial charge in [-0.25, -0.2) is 9.97 Å². The number of carbonyl (C=O) groups is 1. The average Bonchev–Trinajstić information content (AvgIpc) is 3.59. The molecule has 2 aromatic carbocycles. The molecule has 1 N–H and O–H groups in total. The molecule has 0 fully saturated rings. The van der Waals surface area contributed by atoms with E-state index < -0.39 is 22.4 Å². The number of hydrogen-bond donors (Lipinski definition) is 1. The fourth-order valence-corrected chi connectivity index (χ4v) is 4.42. The Bertz CT molecular complexity index is 1560. The van der Waals surface area contributed by atoms with Crippen molar-refractivity contribution >= 4 is 56.7 Å². The van der Waals surface area contributed by atoms with Gasteiger partial charge in [0.2, 0.25) is 0 Å². The second-order valence-electron chi connectivity index (χ2n) is 7.17. The van der Waals surface area contributed by atoms with Gasteiger partial charge in [-0.05, 0) is 12.1 Å². The van der Waals surface area contributed by atoms with E-state index in [1.165, 1.54) is 60.0 Å². The van der Waals surface area contributed by atoms with Gasteiger partial charge in [0.25, 0.3) is 17.3 Å². The number of thiazole rings is 2. The topological polar surface area (TPSA) is 174 Å². The Morgan fingerprint density at radius 3 is 2.62 bits per heavy atom. The molecular formula is C23H14N6O6S2. The molecule has 0 aliphatic rings. The molecular weight excluding hydrogens is 520 g/mol. The van der Waals surface area contributed by atoms with Crippen molar-refractivity contribution < 1.29 is 19.4 Å². The number of amides is 1. The van der Waals surface area contributed by atoms with Gasteiger partial charge < -0.3 is 4.74 Å². The first-order chi connectivity index (χ1) is 17.8. The summed E-state index contributed by atoms with van der Waals surface area (Å²) in [5, 5.41) is 38.8. The summed E-state index contributed by atoms with van der Waals surface area (Å²) in [6, 6.07) is 11.7. The van der Waals surface area contributed by atoms with Gasteiger partial charge in [-0.15, -0.1) is 22.7 Å². The first kappa shape index (κ1) is 25.1. The first-order valence-electron chi connectivity index (χ1n) is 10.3. The van der Waals surface area contributed by atoms with Crippen LogP contribution in [0.15, 0.2) is 59.4 Å². The Balaban J connectivity index is 1.62. The number of carbonyl (C=O) groups excluding carboxylic acids is 1. The highest BCUT2D eigenvalue weighted by atomic mass is 32.1. The SMILES string of the molecule is N#C/C(=C\c1cc([N+](=O)[O-])ccc1OCC(=O)Nc1nccs1)c1nc(-c2cccc([N+](=O)[O-])c2)cs1. The van der Waals surface area contributed by atoms with E-state index >= 15 is 0 Å². The van der Waals surface area contributed by atoms with Crippen LogP contribution in [0.5, 0.6) is 5.75 Å². The van der Waals surface area contributed by atoms with E-state index in [9.17, 15) is 30.3 Å². The summed E-state index contributed by atoms with van der Waals surface area (Å²) < 4.78 is 5.58. The van der Waals surface area contributed by atoms with E-state index in [1.807, 2.05) is 6.07 Å². The Kier molecular flexibility index (Phi) is 7.57. The van der Waals surface area contributed by atoms with Crippen molar-refractivity contribution in [3.8, 4) is 23.1 Å². The van der Waals surface area contributed by atoms with Crippen LogP contribution in [0.2, 0.25) is 0 Å². The molecule has 0 saturated carbocycles. The van der Waals surface area contributed by atoms with Gasteiger partial charge in [0.1, 0.15) is 16.8 Å². The molecule has 0 unspecified atom stereocenters. The van der Waals surface area contributed by atoms with Crippen LogP contribution in [0.3, 0.4) is 0 Å². The van der Waals surface area contributed by atoms with Crippen LogP contribution < -0.4 is 10.1 Å². The molecule has 0 bridgehead atoms. The second kappa shape index (κ2) is 11.2. The van der Waals surface area contributed by atoms with E-state index in [-0.39, 0.29) is 28.3 Å². The van der Waals surface area contributed by atoms with Crippen LogP contribution in [0, 0.1) is 31.6 Å². The molecule has 0 aliphatic carbocycles. The van der Waals surface area contributed by atoms with Crippen molar-refractivity contribution in [2.45, 2.75) is 0 Å². The van der Waals surface area contributed by atoms with Crippen molar-refractivity contribution in [1.82, 2.24) is 9.97 Å². The monoisotopic (exact) mass is 534 g/mol. The lowest BCUT2D eigenvalue weighted by Crippen LogP contribution is -2.20. The van der Waals surface area contributed by atoms with Gasteiger partial charge in [-0.2, -0.15) is 5.26 Å².